The molecule has 1 radical (unpaired) electrons. The quantitative estimate of drug-likeness (QED) is 0.439. The predicted molar refractivity (Wildman–Crippen MR) is 75.8 cm³/mol. The molecule has 2 aromatic heterocycles. The summed E-state index contributed by atoms with van der Waals surface area (Å²) in [4.78, 5) is 8.50. The van der Waals surface area contributed by atoms with Crippen molar-refractivity contribution in [3.8, 4) is 0 Å². The number of rotatable bonds is 7. The van der Waals surface area contributed by atoms with Gasteiger partial charge in [0.25, 0.3) is 0 Å². The van der Waals surface area contributed by atoms with Gasteiger partial charge in [-0.25, -0.2) is 0 Å². The summed E-state index contributed by atoms with van der Waals surface area (Å²) in [5.74, 6) is 0. The zero-order valence-electron chi connectivity index (χ0n) is 11.6. The van der Waals surface area contributed by atoms with Crippen LogP contribution in [0.2, 0.25) is 0 Å². The Morgan fingerprint density at radius 2 is 1.24 bits per heavy atom. The monoisotopic (exact) mass is 369 g/mol. The zero-order valence-corrected chi connectivity index (χ0v) is 13.5. The van der Waals surface area contributed by atoms with Crippen LogP contribution >= 0.6 is 0 Å². The number of nitrogens with one attached hydrogen (secondary N) is 2. The van der Waals surface area contributed by atoms with Gasteiger partial charge in [-0.3, -0.25) is 9.97 Å². The minimum Gasteiger partial charge on any atom is -0.310 e. The third-order valence-electron chi connectivity index (χ3n) is 2.54. The average molecular weight is 369 g/mol. The second-order valence-electron chi connectivity index (χ2n) is 4.00. The first kappa shape index (κ1) is 19.6. The zero-order chi connectivity index (χ0) is 14.5. The van der Waals surface area contributed by atoms with E-state index in [2.05, 4.69) is 27.3 Å². The van der Waals surface area contributed by atoms with E-state index in [4.69, 9.17) is 4.65 Å². The standard InChI is InChI=1S/C14H18N4.CO.Tc/c1-3-7-17-13(5-1)11-15-9-10-16-12-14-6-2-4-8-18-14;1-2;/h1-8,15-16H,9-12H2;;/i;;1+1. The summed E-state index contributed by atoms with van der Waals surface area (Å²) < 4.78 is 7.50. The molecule has 0 spiro atoms. The van der Waals surface area contributed by atoms with Crippen molar-refractivity contribution >= 4 is 0 Å². The van der Waals surface area contributed by atoms with Crippen LogP contribution in [0.3, 0.4) is 0 Å². The molecule has 111 valence electrons. The molecule has 2 N–H and O–H groups in total. The van der Waals surface area contributed by atoms with Gasteiger partial charge < -0.3 is 10.6 Å². The first-order chi connectivity index (χ1) is 9.95. The van der Waals surface area contributed by atoms with Gasteiger partial charge in [-0.15, -0.1) is 0 Å². The normalized spacial score (nSPS) is 9.05. The molecule has 0 aliphatic rings. The van der Waals surface area contributed by atoms with Crippen LogP contribution in [0.15, 0.2) is 48.8 Å². The topological polar surface area (TPSA) is 69.7 Å². The van der Waals surface area contributed by atoms with Crippen molar-refractivity contribution in [3.63, 3.8) is 0 Å². The van der Waals surface area contributed by atoms with Gasteiger partial charge >= 0.3 is 11.3 Å². The van der Waals surface area contributed by atoms with Crippen LogP contribution in [0.25, 0.3) is 0 Å². The van der Waals surface area contributed by atoms with E-state index in [1.54, 1.807) is 0 Å². The van der Waals surface area contributed by atoms with E-state index in [0.717, 1.165) is 37.6 Å². The Balaban J connectivity index is 0.00000128. The molecular weight excluding hydrogens is 351 g/mol. The van der Waals surface area contributed by atoms with Gasteiger partial charge in [0.1, 0.15) is 0 Å². The molecule has 0 aromatic carbocycles. The second-order valence-corrected chi connectivity index (χ2v) is 4.00. The van der Waals surface area contributed by atoms with E-state index in [1.807, 2.05) is 48.8 Å². The van der Waals surface area contributed by atoms with Crippen molar-refractivity contribution in [1.29, 1.82) is 0 Å². The van der Waals surface area contributed by atoms with Crippen LogP contribution in [-0.2, 0) is 37.8 Å². The smallest absolute Gasteiger partial charge is 0.0541 e. The molecule has 0 aliphatic carbocycles. The van der Waals surface area contributed by atoms with Crippen molar-refractivity contribution in [2.75, 3.05) is 13.1 Å². The van der Waals surface area contributed by atoms with Gasteiger partial charge in [0.15, 0.2) is 0 Å². The summed E-state index contributed by atoms with van der Waals surface area (Å²) in [5.41, 5.74) is 2.14. The molecule has 0 bridgehead atoms. The Bertz CT molecular complexity index is 435. The van der Waals surface area contributed by atoms with Gasteiger partial charge in [-0.05, 0) is 24.3 Å². The Kier molecular flexibility index (Phi) is 12.7. The second kappa shape index (κ2) is 13.6. The Morgan fingerprint density at radius 3 is 1.57 bits per heavy atom. The molecular formula is C15H18N4OTc. The fourth-order valence-electron chi connectivity index (χ4n) is 1.62. The SMILES string of the molecule is [99Tc].[C-]#[O+].c1ccc(CNCCNCc2ccccn2)nc1. The van der Waals surface area contributed by atoms with Crippen molar-refractivity contribution in [1.82, 2.24) is 20.6 Å². The molecule has 6 heteroatoms. The van der Waals surface area contributed by atoms with E-state index in [-0.39, 0.29) is 20.1 Å². The van der Waals surface area contributed by atoms with Gasteiger partial charge in [0.05, 0.1) is 11.4 Å². The van der Waals surface area contributed by atoms with Crippen molar-refractivity contribution in [2.45, 2.75) is 13.1 Å². The third kappa shape index (κ3) is 9.21. The molecule has 2 aromatic rings. The van der Waals surface area contributed by atoms with Crippen LogP contribution in [0.1, 0.15) is 11.4 Å². The maximum absolute atomic E-state index is 7.50. The minimum absolute atomic E-state index is 0. The molecule has 0 unspecified atom stereocenters. The summed E-state index contributed by atoms with van der Waals surface area (Å²) >= 11 is 0. The van der Waals surface area contributed by atoms with Crippen molar-refractivity contribution in [2.24, 2.45) is 0 Å². The summed E-state index contributed by atoms with van der Waals surface area (Å²) in [6, 6.07) is 11.9. The molecule has 0 aliphatic heterocycles. The predicted octanol–water partition coefficient (Wildman–Crippen LogP) is 1.32. The van der Waals surface area contributed by atoms with Gasteiger partial charge in [-0.1, -0.05) is 12.1 Å². The Labute approximate surface area is 138 Å². The van der Waals surface area contributed by atoms with Crippen LogP contribution in [-0.4, -0.2) is 23.1 Å². The number of aromatic nitrogens is 2. The average Bonchev–Trinajstić information content (AvgIpc) is 2.55. The van der Waals surface area contributed by atoms with E-state index in [1.165, 1.54) is 0 Å². The molecule has 0 saturated carbocycles. The molecule has 21 heavy (non-hydrogen) atoms. The number of pyridine rings is 2. The van der Waals surface area contributed by atoms with Crippen LogP contribution in [0, 0.1) is 6.65 Å². The van der Waals surface area contributed by atoms with Gasteiger partial charge in [-0.2, -0.15) is 0 Å². The first-order valence-electron chi connectivity index (χ1n) is 6.37. The van der Waals surface area contributed by atoms with E-state index in [0.29, 0.717) is 0 Å². The number of hydrogen-bond acceptors (Lipinski definition) is 4. The molecule has 0 amide bonds. The molecule has 0 fully saturated rings. The molecule has 0 atom stereocenters. The van der Waals surface area contributed by atoms with Crippen molar-refractivity contribution in [3.05, 3.63) is 66.8 Å². The van der Waals surface area contributed by atoms with Crippen LogP contribution in [0.4, 0.5) is 0 Å². The first-order valence-corrected chi connectivity index (χ1v) is 6.37. The summed E-state index contributed by atoms with van der Waals surface area (Å²) in [5, 5.41) is 6.69. The minimum atomic E-state index is 0. The van der Waals surface area contributed by atoms with Gasteiger partial charge in [0, 0.05) is 58.7 Å². The molecule has 2 rings (SSSR count). The van der Waals surface area contributed by atoms with Crippen molar-refractivity contribution < 1.29 is 24.8 Å². The molecule has 5 nitrogen and oxygen atoms in total. The Hall–Kier alpha value is -1.39. The molecule has 2 heterocycles. The summed E-state index contributed by atoms with van der Waals surface area (Å²) in [6.07, 6.45) is 3.63. The van der Waals surface area contributed by atoms with E-state index >= 15 is 0 Å². The van der Waals surface area contributed by atoms with Gasteiger partial charge in [0.2, 0.25) is 0 Å². The maximum Gasteiger partial charge on any atom is 0.0541 e. The van der Waals surface area contributed by atoms with E-state index < -0.39 is 0 Å². The summed E-state index contributed by atoms with van der Waals surface area (Å²) in [6.45, 7) is 7.96. The van der Waals surface area contributed by atoms with E-state index in [9.17, 15) is 0 Å². The third-order valence-corrected chi connectivity index (χ3v) is 2.54. The summed E-state index contributed by atoms with van der Waals surface area (Å²) in [7, 11) is 0. The number of nitrogens with zero attached hydrogens (tertiary/aromatic N) is 2. The largest absolute Gasteiger partial charge is 0.310 e. The number of hydrogen-bond donors (Lipinski definition) is 2. The van der Waals surface area contributed by atoms with Crippen LogP contribution < -0.4 is 10.6 Å². The fraction of sp³-hybridized carbons (Fsp3) is 0.267. The fourth-order valence-corrected chi connectivity index (χ4v) is 1.62. The Morgan fingerprint density at radius 1 is 0.810 bits per heavy atom. The maximum atomic E-state index is 7.50. The van der Waals surface area contributed by atoms with Crippen LogP contribution in [0.5, 0.6) is 0 Å². The molecule has 0 saturated heterocycles.